The Balaban J connectivity index is 1.49. The molecule has 3 fully saturated rings. The number of carbonyl (C=O) groups is 1. The van der Waals surface area contributed by atoms with Gasteiger partial charge in [0.2, 0.25) is 5.91 Å². The first-order valence-electron chi connectivity index (χ1n) is 11.0. The van der Waals surface area contributed by atoms with Crippen LogP contribution in [-0.2, 0) is 11.3 Å². The second-order valence-electron chi connectivity index (χ2n) is 10.1. The number of carbonyl (C=O) groups excluding carboxylic acids is 1. The van der Waals surface area contributed by atoms with E-state index in [1.165, 1.54) is 23.8 Å². The average molecular weight is 386 g/mol. The van der Waals surface area contributed by atoms with Gasteiger partial charge in [-0.25, -0.2) is 0 Å². The van der Waals surface area contributed by atoms with E-state index in [0.717, 1.165) is 48.3 Å². The Morgan fingerprint density at radius 3 is 2.39 bits per heavy atom. The third-order valence-electron chi connectivity index (χ3n) is 7.99. The van der Waals surface area contributed by atoms with Crippen LogP contribution in [-0.4, -0.2) is 23.1 Å². The molecule has 3 saturated carbocycles. The molecule has 0 aliphatic heterocycles. The molecule has 0 radical (unpaired) electrons. The van der Waals surface area contributed by atoms with Gasteiger partial charge in [-0.2, -0.15) is 0 Å². The van der Waals surface area contributed by atoms with Crippen LogP contribution in [0.2, 0.25) is 0 Å². The zero-order valence-electron chi connectivity index (χ0n) is 17.7. The third kappa shape index (κ3) is 3.48. The van der Waals surface area contributed by atoms with Gasteiger partial charge in [-0.15, -0.1) is 0 Å². The molecule has 28 heavy (non-hydrogen) atoms. The summed E-state index contributed by atoms with van der Waals surface area (Å²) in [4.78, 5) is 25.3. The Morgan fingerprint density at radius 1 is 1.14 bits per heavy atom. The zero-order chi connectivity index (χ0) is 20.1. The minimum atomic E-state index is -0.167. The van der Waals surface area contributed by atoms with Crippen molar-refractivity contribution in [3.8, 4) is 0 Å². The Bertz CT molecular complexity index is 779. The average Bonchev–Trinajstić information content (AvgIpc) is 2.63. The van der Waals surface area contributed by atoms with E-state index in [9.17, 15) is 9.59 Å². The lowest BCUT2D eigenvalue weighted by atomic mass is 9.49. The first-order chi connectivity index (χ1) is 13.3. The van der Waals surface area contributed by atoms with Crippen LogP contribution in [0.25, 0.3) is 0 Å². The molecular weight excluding hydrogens is 350 g/mol. The van der Waals surface area contributed by atoms with Crippen molar-refractivity contribution >= 4 is 11.6 Å². The molecule has 3 aliphatic carbocycles. The number of pyridine rings is 1. The number of hydrogen-bond donors (Lipinski definition) is 2. The molecule has 1 heterocycles. The Hall–Kier alpha value is -1.78. The van der Waals surface area contributed by atoms with Gasteiger partial charge in [0.15, 0.2) is 0 Å². The minimum Gasteiger partial charge on any atom is -0.384 e. The van der Waals surface area contributed by atoms with Crippen molar-refractivity contribution in [2.24, 2.45) is 35.5 Å². The molecule has 7 atom stereocenters. The molecule has 5 nitrogen and oxygen atoms in total. The van der Waals surface area contributed by atoms with Crippen LogP contribution in [0.3, 0.4) is 0 Å². The zero-order valence-corrected chi connectivity index (χ0v) is 17.7. The van der Waals surface area contributed by atoms with E-state index in [2.05, 4.69) is 31.4 Å². The van der Waals surface area contributed by atoms with Crippen molar-refractivity contribution in [3.63, 3.8) is 0 Å². The maximum absolute atomic E-state index is 12.9. The molecule has 3 aliphatic rings. The van der Waals surface area contributed by atoms with Crippen LogP contribution in [0.1, 0.15) is 52.9 Å². The van der Waals surface area contributed by atoms with Crippen molar-refractivity contribution in [2.75, 3.05) is 12.4 Å². The Labute approximate surface area is 168 Å². The largest absolute Gasteiger partial charge is 0.384 e. The number of nitrogens with zero attached hydrogens (tertiary/aromatic N) is 1. The van der Waals surface area contributed by atoms with Gasteiger partial charge < -0.3 is 15.2 Å². The lowest BCUT2D eigenvalue weighted by Gasteiger charge is -2.58. The summed E-state index contributed by atoms with van der Waals surface area (Å²) < 4.78 is 1.49. The highest BCUT2D eigenvalue weighted by Gasteiger charge is 2.52. The summed E-state index contributed by atoms with van der Waals surface area (Å²) in [7, 11) is 1.72. The Morgan fingerprint density at radius 2 is 1.79 bits per heavy atom. The predicted octanol–water partition coefficient (Wildman–Crippen LogP) is 3.49. The van der Waals surface area contributed by atoms with E-state index in [1.54, 1.807) is 25.4 Å². The molecular formula is C23H35N3O2. The van der Waals surface area contributed by atoms with Crippen LogP contribution in [0.4, 0.5) is 5.69 Å². The molecule has 2 N–H and O–H groups in total. The molecule has 1 aromatic heterocycles. The number of hydrogen-bond acceptors (Lipinski definition) is 3. The molecule has 0 aromatic carbocycles. The lowest BCUT2D eigenvalue weighted by Crippen LogP contribution is -2.58. The molecule has 4 rings (SSSR count). The van der Waals surface area contributed by atoms with Crippen LogP contribution in [0.15, 0.2) is 23.1 Å². The second-order valence-corrected chi connectivity index (χ2v) is 10.1. The summed E-state index contributed by atoms with van der Waals surface area (Å²) in [6, 6.07) is 3.54. The smallest absolute Gasteiger partial charge is 0.274 e. The van der Waals surface area contributed by atoms with E-state index in [0.29, 0.717) is 5.69 Å². The lowest BCUT2D eigenvalue weighted by molar-refractivity contribution is -0.127. The highest BCUT2D eigenvalue weighted by molar-refractivity contribution is 5.76. The highest BCUT2D eigenvalue weighted by Crippen LogP contribution is 2.57. The van der Waals surface area contributed by atoms with Crippen LogP contribution in [0.5, 0.6) is 0 Å². The first-order valence-corrected chi connectivity index (χ1v) is 11.0. The number of rotatable bonds is 4. The summed E-state index contributed by atoms with van der Waals surface area (Å²) in [5.41, 5.74) is 0.199. The van der Waals surface area contributed by atoms with Gasteiger partial charge in [0, 0.05) is 18.8 Å². The summed E-state index contributed by atoms with van der Waals surface area (Å²) in [6.07, 6.45) is 7.95. The minimum absolute atomic E-state index is 0.0545. The van der Waals surface area contributed by atoms with Crippen LogP contribution >= 0.6 is 0 Å². The molecule has 5 heteroatoms. The maximum Gasteiger partial charge on any atom is 0.274 e. The quantitative estimate of drug-likeness (QED) is 0.834. The van der Waals surface area contributed by atoms with Gasteiger partial charge in [0.25, 0.3) is 5.56 Å². The van der Waals surface area contributed by atoms with Gasteiger partial charge in [-0.1, -0.05) is 13.8 Å². The summed E-state index contributed by atoms with van der Waals surface area (Å²) in [5.74, 6) is 4.67. The van der Waals surface area contributed by atoms with Crippen molar-refractivity contribution in [1.82, 2.24) is 9.88 Å². The van der Waals surface area contributed by atoms with Crippen molar-refractivity contribution in [2.45, 2.75) is 65.0 Å². The first kappa shape index (κ1) is 19.5. The molecule has 1 aromatic rings. The number of nitrogens with one attached hydrogen (secondary N) is 2. The monoisotopic (exact) mass is 385 g/mol. The summed E-state index contributed by atoms with van der Waals surface area (Å²) in [5, 5.41) is 6.24. The maximum atomic E-state index is 12.9. The van der Waals surface area contributed by atoms with Gasteiger partial charge in [-0.05, 0) is 86.7 Å². The van der Waals surface area contributed by atoms with Gasteiger partial charge in [0.1, 0.15) is 12.2 Å². The van der Waals surface area contributed by atoms with Gasteiger partial charge in [0.05, 0.1) is 0 Å². The molecule has 0 spiro atoms. The van der Waals surface area contributed by atoms with Crippen molar-refractivity contribution in [1.29, 1.82) is 0 Å². The standard InChI is InChI=1S/C23H35N3O2/c1-14-8-16-9-15(2)19-12-23(3,11-18(14)17(19)10-16)25-21(27)13-26-7-5-6-20(24-4)22(26)28/h5-7,14-19,24H,8-13H2,1-4H3,(H,25,27)/t14-,15?,16-,17-,18+,19?,23?/m1/s1. The van der Waals surface area contributed by atoms with Gasteiger partial charge in [-0.3, -0.25) is 9.59 Å². The topological polar surface area (TPSA) is 63.1 Å². The number of anilines is 1. The molecule has 3 unspecified atom stereocenters. The predicted molar refractivity (Wildman–Crippen MR) is 112 cm³/mol. The number of fused-ring (bicyclic) bond motifs is 1. The molecule has 1 amide bonds. The summed E-state index contributed by atoms with van der Waals surface area (Å²) >= 11 is 0. The van der Waals surface area contributed by atoms with Crippen LogP contribution in [0, 0.1) is 35.5 Å². The summed E-state index contributed by atoms with van der Waals surface area (Å²) in [6.45, 7) is 7.16. The number of aromatic nitrogens is 1. The fourth-order valence-electron chi connectivity index (χ4n) is 6.90. The highest BCUT2D eigenvalue weighted by atomic mass is 16.2. The van der Waals surface area contributed by atoms with E-state index in [1.807, 2.05) is 0 Å². The van der Waals surface area contributed by atoms with Crippen molar-refractivity contribution in [3.05, 3.63) is 28.7 Å². The SMILES string of the molecule is CNc1cccn(CC(=O)NC2(C)CC3C(C)C[C@H]4C[C@@H](C)[C@H](C2)[C@H]3C4)c1=O. The molecule has 154 valence electrons. The number of amides is 1. The normalized spacial score (nSPS) is 39.3. The van der Waals surface area contributed by atoms with E-state index in [-0.39, 0.29) is 23.6 Å². The fraction of sp³-hybridized carbons (Fsp3) is 0.739. The Kier molecular flexibility index (Phi) is 5.05. The molecule has 2 bridgehead atoms. The van der Waals surface area contributed by atoms with E-state index < -0.39 is 0 Å². The van der Waals surface area contributed by atoms with Crippen molar-refractivity contribution < 1.29 is 4.79 Å². The van der Waals surface area contributed by atoms with E-state index >= 15 is 0 Å². The van der Waals surface area contributed by atoms with E-state index in [4.69, 9.17) is 0 Å². The van der Waals surface area contributed by atoms with Gasteiger partial charge >= 0.3 is 0 Å². The fourth-order valence-corrected chi connectivity index (χ4v) is 6.90. The third-order valence-corrected chi connectivity index (χ3v) is 7.99. The molecule has 0 saturated heterocycles. The van der Waals surface area contributed by atoms with Crippen LogP contribution < -0.4 is 16.2 Å². The second kappa shape index (κ2) is 7.23.